The topological polar surface area (TPSA) is 60.7 Å². The Balaban J connectivity index is 3.77. The first-order chi connectivity index (χ1) is 5.81. The SMILES string of the molecule is CCCCCCC(C)(C)[Si](O)(O)O. The van der Waals surface area contributed by atoms with Gasteiger partial charge in [-0.05, 0) is 6.42 Å². The second-order valence-corrected chi connectivity index (χ2v) is 6.95. The second-order valence-electron chi connectivity index (χ2n) is 4.33. The van der Waals surface area contributed by atoms with Gasteiger partial charge in [0.1, 0.15) is 0 Å². The molecule has 0 heterocycles. The standard InChI is InChI=1S/C9H22O3Si/c1-4-5-6-7-8-9(2,3)13(10,11)12/h10-12H,4-8H2,1-3H3. The van der Waals surface area contributed by atoms with Gasteiger partial charge in [-0.15, -0.1) is 0 Å². The van der Waals surface area contributed by atoms with Crippen molar-refractivity contribution in [2.75, 3.05) is 0 Å². The molecule has 3 nitrogen and oxygen atoms in total. The molecule has 0 aromatic carbocycles. The van der Waals surface area contributed by atoms with Crippen molar-refractivity contribution in [2.24, 2.45) is 0 Å². The molecule has 13 heavy (non-hydrogen) atoms. The van der Waals surface area contributed by atoms with Crippen LogP contribution in [0, 0.1) is 0 Å². The highest BCUT2D eigenvalue weighted by atomic mass is 28.4. The summed E-state index contributed by atoms with van der Waals surface area (Å²) in [7, 11) is -3.95. The van der Waals surface area contributed by atoms with Crippen molar-refractivity contribution >= 4 is 8.80 Å². The molecule has 0 aromatic rings. The third-order valence-electron chi connectivity index (χ3n) is 2.56. The Hall–Kier alpha value is 0.0969. The van der Waals surface area contributed by atoms with Crippen molar-refractivity contribution < 1.29 is 14.4 Å². The molecule has 3 N–H and O–H groups in total. The summed E-state index contributed by atoms with van der Waals surface area (Å²) in [5.74, 6) is 0. The largest absolute Gasteiger partial charge is 0.498 e. The van der Waals surface area contributed by atoms with E-state index in [0.717, 1.165) is 12.8 Å². The van der Waals surface area contributed by atoms with Crippen LogP contribution in [0.1, 0.15) is 52.9 Å². The van der Waals surface area contributed by atoms with Gasteiger partial charge in [-0.2, -0.15) is 0 Å². The zero-order chi connectivity index (χ0) is 10.5. The lowest BCUT2D eigenvalue weighted by atomic mass is 10.0. The van der Waals surface area contributed by atoms with Crippen molar-refractivity contribution in [3.63, 3.8) is 0 Å². The highest BCUT2D eigenvalue weighted by molar-refractivity contribution is 6.59. The van der Waals surface area contributed by atoms with Crippen LogP contribution in [-0.2, 0) is 0 Å². The van der Waals surface area contributed by atoms with E-state index in [4.69, 9.17) is 14.4 Å². The molecule has 0 aromatic heterocycles. The Morgan fingerprint density at radius 3 is 1.92 bits per heavy atom. The molecule has 0 radical (unpaired) electrons. The van der Waals surface area contributed by atoms with Gasteiger partial charge in [0, 0.05) is 5.04 Å². The van der Waals surface area contributed by atoms with Gasteiger partial charge in [0.15, 0.2) is 0 Å². The van der Waals surface area contributed by atoms with Crippen LogP contribution in [0.2, 0.25) is 5.04 Å². The Bertz CT molecular complexity index is 140. The van der Waals surface area contributed by atoms with Crippen LogP contribution in [0.15, 0.2) is 0 Å². The molecule has 0 spiro atoms. The molecular formula is C9H22O3Si. The molecule has 0 aliphatic heterocycles. The fourth-order valence-corrected chi connectivity index (χ4v) is 1.67. The smallest absolute Gasteiger partial charge is 0.390 e. The molecular weight excluding hydrogens is 184 g/mol. The molecule has 0 atom stereocenters. The van der Waals surface area contributed by atoms with Crippen LogP contribution in [0.3, 0.4) is 0 Å². The molecule has 0 aliphatic rings. The van der Waals surface area contributed by atoms with E-state index in [1.165, 1.54) is 12.8 Å². The van der Waals surface area contributed by atoms with Crippen LogP contribution in [0.4, 0.5) is 0 Å². The first-order valence-corrected chi connectivity index (χ1v) is 6.82. The van der Waals surface area contributed by atoms with Crippen LogP contribution in [0.25, 0.3) is 0 Å². The molecule has 0 saturated carbocycles. The maximum Gasteiger partial charge on any atom is 0.498 e. The third-order valence-corrected chi connectivity index (χ3v) is 4.63. The van der Waals surface area contributed by atoms with E-state index in [1.807, 2.05) is 0 Å². The van der Waals surface area contributed by atoms with Crippen molar-refractivity contribution in [1.29, 1.82) is 0 Å². The van der Waals surface area contributed by atoms with Crippen molar-refractivity contribution in [3.05, 3.63) is 0 Å². The van der Waals surface area contributed by atoms with Gasteiger partial charge < -0.3 is 14.4 Å². The highest BCUT2D eigenvalue weighted by Crippen LogP contribution is 2.37. The normalized spacial score (nSPS) is 13.4. The summed E-state index contributed by atoms with van der Waals surface area (Å²) in [5, 5.41) is -0.708. The summed E-state index contributed by atoms with van der Waals surface area (Å²) in [6.45, 7) is 5.56. The van der Waals surface area contributed by atoms with Crippen LogP contribution in [-0.4, -0.2) is 23.2 Å². The van der Waals surface area contributed by atoms with Gasteiger partial charge in [-0.25, -0.2) is 0 Å². The number of hydrogen-bond acceptors (Lipinski definition) is 3. The summed E-state index contributed by atoms with van der Waals surface area (Å²) in [5.41, 5.74) is 0. The second kappa shape index (κ2) is 5.10. The minimum atomic E-state index is -3.95. The molecule has 0 aliphatic carbocycles. The van der Waals surface area contributed by atoms with Crippen molar-refractivity contribution in [2.45, 2.75) is 57.9 Å². The van der Waals surface area contributed by atoms with Crippen molar-refractivity contribution in [3.8, 4) is 0 Å². The molecule has 0 rings (SSSR count). The Morgan fingerprint density at radius 1 is 1.00 bits per heavy atom. The van der Waals surface area contributed by atoms with Gasteiger partial charge in [-0.1, -0.05) is 46.5 Å². The van der Waals surface area contributed by atoms with Gasteiger partial charge in [-0.3, -0.25) is 0 Å². The third kappa shape index (κ3) is 4.76. The monoisotopic (exact) mass is 206 g/mol. The van der Waals surface area contributed by atoms with Gasteiger partial charge in [0.05, 0.1) is 0 Å². The lowest BCUT2D eigenvalue weighted by Gasteiger charge is -2.29. The van der Waals surface area contributed by atoms with Crippen LogP contribution < -0.4 is 0 Å². The summed E-state index contributed by atoms with van der Waals surface area (Å²) >= 11 is 0. The predicted molar refractivity (Wildman–Crippen MR) is 55.2 cm³/mol. The molecule has 0 amide bonds. The van der Waals surface area contributed by atoms with Gasteiger partial charge in [0.2, 0.25) is 0 Å². The minimum absolute atomic E-state index is 0.683. The summed E-state index contributed by atoms with van der Waals surface area (Å²) in [6.07, 6.45) is 5.08. The number of rotatable bonds is 6. The Morgan fingerprint density at radius 2 is 1.54 bits per heavy atom. The highest BCUT2D eigenvalue weighted by Gasteiger charge is 2.45. The minimum Gasteiger partial charge on any atom is -0.390 e. The maximum absolute atomic E-state index is 9.15. The van der Waals surface area contributed by atoms with Gasteiger partial charge in [0.25, 0.3) is 0 Å². The fourth-order valence-electron chi connectivity index (χ4n) is 1.16. The molecule has 0 fully saturated rings. The van der Waals surface area contributed by atoms with E-state index in [-0.39, 0.29) is 0 Å². The quantitative estimate of drug-likeness (QED) is 0.457. The lowest BCUT2D eigenvalue weighted by molar-refractivity contribution is 0.181. The Kier molecular flexibility index (Phi) is 5.13. The van der Waals surface area contributed by atoms with Crippen LogP contribution >= 0.6 is 0 Å². The van der Waals surface area contributed by atoms with E-state index < -0.39 is 13.8 Å². The summed E-state index contributed by atoms with van der Waals surface area (Å²) in [4.78, 5) is 27.5. The van der Waals surface area contributed by atoms with Crippen molar-refractivity contribution in [1.82, 2.24) is 0 Å². The first kappa shape index (κ1) is 13.1. The summed E-state index contributed by atoms with van der Waals surface area (Å²) in [6, 6.07) is 0. The Labute approximate surface area is 81.8 Å². The zero-order valence-electron chi connectivity index (χ0n) is 8.88. The number of unbranched alkanes of at least 4 members (excludes halogenated alkanes) is 3. The maximum atomic E-state index is 9.15. The summed E-state index contributed by atoms with van der Waals surface area (Å²) < 4.78 is 0. The average molecular weight is 206 g/mol. The van der Waals surface area contributed by atoms with E-state index in [1.54, 1.807) is 13.8 Å². The van der Waals surface area contributed by atoms with E-state index in [2.05, 4.69) is 6.92 Å². The molecule has 4 heteroatoms. The van der Waals surface area contributed by atoms with Crippen LogP contribution in [0.5, 0.6) is 0 Å². The molecule has 0 bridgehead atoms. The van der Waals surface area contributed by atoms with E-state index in [0.29, 0.717) is 6.42 Å². The zero-order valence-corrected chi connectivity index (χ0v) is 9.88. The van der Waals surface area contributed by atoms with Gasteiger partial charge >= 0.3 is 8.80 Å². The lowest BCUT2D eigenvalue weighted by Crippen LogP contribution is -2.46. The fraction of sp³-hybridized carbons (Fsp3) is 1.00. The average Bonchev–Trinajstić information content (AvgIpc) is 1.96. The first-order valence-electron chi connectivity index (χ1n) is 4.98. The van der Waals surface area contributed by atoms with E-state index in [9.17, 15) is 0 Å². The number of hydrogen-bond donors (Lipinski definition) is 3. The molecule has 80 valence electrons. The molecule has 0 saturated heterocycles. The molecule has 0 unspecified atom stereocenters. The predicted octanol–water partition coefficient (Wildman–Crippen LogP) is 1.65. The van der Waals surface area contributed by atoms with E-state index >= 15 is 0 Å².